The van der Waals surface area contributed by atoms with Crippen LogP contribution >= 0.6 is 0 Å². The molecule has 0 saturated carbocycles. The number of carbonyl (C=O) groups excluding carboxylic acids is 1. The van der Waals surface area contributed by atoms with Gasteiger partial charge in [-0.2, -0.15) is 5.10 Å². The maximum absolute atomic E-state index is 11.3. The van der Waals surface area contributed by atoms with Crippen LogP contribution in [0.4, 0.5) is 0 Å². The van der Waals surface area contributed by atoms with E-state index in [0.717, 1.165) is 5.56 Å². The smallest absolute Gasteiger partial charge is 0.242 e. The first kappa shape index (κ1) is 14.0. The summed E-state index contributed by atoms with van der Waals surface area (Å²) in [6, 6.07) is 5.45. The Hall–Kier alpha value is -2.04. The first-order valence-corrected chi connectivity index (χ1v) is 5.64. The summed E-state index contributed by atoms with van der Waals surface area (Å²) in [6.45, 7) is 3.61. The Bertz CT molecular complexity index is 442. The predicted octanol–water partition coefficient (Wildman–Crippen LogP) is 1.81. The second kappa shape index (κ2) is 6.64. The van der Waals surface area contributed by atoms with Crippen LogP contribution in [0.3, 0.4) is 0 Å². The molecule has 0 saturated heterocycles. The van der Waals surface area contributed by atoms with Crippen LogP contribution in [-0.2, 0) is 4.79 Å². The summed E-state index contributed by atoms with van der Waals surface area (Å²) >= 11 is 0. The zero-order valence-electron chi connectivity index (χ0n) is 11.1. The number of nitrogens with one attached hydrogen (secondary N) is 1. The molecule has 5 heteroatoms. The highest BCUT2D eigenvalue weighted by Gasteiger charge is 2.08. The Morgan fingerprint density at radius 2 is 2.06 bits per heavy atom. The van der Waals surface area contributed by atoms with E-state index in [1.165, 1.54) is 6.21 Å². The number of carbonyl (C=O) groups is 1. The minimum Gasteiger partial charge on any atom is -0.493 e. The van der Waals surface area contributed by atoms with Crippen molar-refractivity contribution in [3.8, 4) is 11.5 Å². The number of para-hydroxylation sites is 1. The fraction of sp³-hybridized carbons (Fsp3) is 0.385. The number of amides is 1. The lowest BCUT2D eigenvalue weighted by Crippen LogP contribution is -2.22. The van der Waals surface area contributed by atoms with Crippen LogP contribution in [0, 0.1) is 5.92 Å². The molecule has 98 valence electrons. The molecule has 0 aliphatic carbocycles. The SMILES string of the molecule is COc1cccc(/C=N/NC(=O)C(C)C)c1OC. The molecule has 1 N–H and O–H groups in total. The lowest BCUT2D eigenvalue weighted by molar-refractivity contribution is -0.123. The number of benzene rings is 1. The van der Waals surface area contributed by atoms with Gasteiger partial charge in [0.25, 0.3) is 0 Å². The summed E-state index contributed by atoms with van der Waals surface area (Å²) in [5.41, 5.74) is 3.19. The Kier molecular flexibility index (Phi) is 5.17. The van der Waals surface area contributed by atoms with E-state index in [1.807, 2.05) is 12.1 Å². The summed E-state index contributed by atoms with van der Waals surface area (Å²) in [7, 11) is 3.13. The van der Waals surface area contributed by atoms with Gasteiger partial charge in [0.05, 0.1) is 20.4 Å². The van der Waals surface area contributed by atoms with Crippen molar-refractivity contribution in [2.45, 2.75) is 13.8 Å². The molecule has 0 aliphatic heterocycles. The second-order valence-electron chi connectivity index (χ2n) is 3.97. The summed E-state index contributed by atoms with van der Waals surface area (Å²) in [4.78, 5) is 11.3. The molecule has 0 unspecified atom stereocenters. The highest BCUT2D eigenvalue weighted by molar-refractivity contribution is 5.86. The van der Waals surface area contributed by atoms with E-state index in [2.05, 4.69) is 10.5 Å². The molecular weight excluding hydrogens is 232 g/mol. The molecule has 0 aromatic heterocycles. The van der Waals surface area contributed by atoms with Gasteiger partial charge in [0.1, 0.15) is 0 Å². The van der Waals surface area contributed by atoms with E-state index in [0.29, 0.717) is 11.5 Å². The van der Waals surface area contributed by atoms with Crippen LogP contribution in [0.5, 0.6) is 11.5 Å². The van der Waals surface area contributed by atoms with Crippen molar-refractivity contribution in [3.05, 3.63) is 23.8 Å². The van der Waals surface area contributed by atoms with Crippen molar-refractivity contribution >= 4 is 12.1 Å². The third-order valence-corrected chi connectivity index (χ3v) is 2.34. The number of hydrazone groups is 1. The predicted molar refractivity (Wildman–Crippen MR) is 70.1 cm³/mol. The molecular formula is C13H18N2O3. The van der Waals surface area contributed by atoms with Crippen LogP contribution in [0.25, 0.3) is 0 Å². The van der Waals surface area contributed by atoms with Crippen molar-refractivity contribution in [2.75, 3.05) is 14.2 Å². The normalized spacial score (nSPS) is 10.7. The van der Waals surface area contributed by atoms with Gasteiger partial charge in [-0.3, -0.25) is 4.79 Å². The molecule has 1 amide bonds. The topological polar surface area (TPSA) is 59.9 Å². The molecule has 0 bridgehead atoms. The molecule has 0 spiro atoms. The number of hydrogen-bond acceptors (Lipinski definition) is 4. The van der Waals surface area contributed by atoms with E-state index >= 15 is 0 Å². The summed E-state index contributed by atoms with van der Waals surface area (Å²) in [5.74, 6) is 0.974. The molecule has 0 fully saturated rings. The zero-order valence-corrected chi connectivity index (χ0v) is 11.1. The van der Waals surface area contributed by atoms with E-state index < -0.39 is 0 Å². The summed E-state index contributed by atoms with van der Waals surface area (Å²) < 4.78 is 10.4. The van der Waals surface area contributed by atoms with Gasteiger partial charge in [0, 0.05) is 11.5 Å². The first-order chi connectivity index (χ1) is 8.60. The fourth-order valence-corrected chi connectivity index (χ4v) is 1.31. The molecule has 1 aromatic rings. The molecule has 0 heterocycles. The van der Waals surface area contributed by atoms with Crippen LogP contribution in [0.1, 0.15) is 19.4 Å². The number of ether oxygens (including phenoxy) is 2. The Balaban J connectivity index is 2.84. The van der Waals surface area contributed by atoms with Gasteiger partial charge in [0.2, 0.25) is 5.91 Å². The molecule has 1 aromatic carbocycles. The summed E-state index contributed by atoms with van der Waals surface area (Å²) in [5, 5.41) is 3.89. The first-order valence-electron chi connectivity index (χ1n) is 5.64. The molecule has 0 aliphatic rings. The molecule has 5 nitrogen and oxygen atoms in total. The maximum atomic E-state index is 11.3. The van der Waals surface area contributed by atoms with E-state index in [-0.39, 0.29) is 11.8 Å². The van der Waals surface area contributed by atoms with Gasteiger partial charge in [0.15, 0.2) is 11.5 Å². The lowest BCUT2D eigenvalue weighted by atomic mass is 10.2. The van der Waals surface area contributed by atoms with Crippen molar-refractivity contribution in [3.63, 3.8) is 0 Å². The molecule has 1 rings (SSSR count). The highest BCUT2D eigenvalue weighted by atomic mass is 16.5. The number of methoxy groups -OCH3 is 2. The van der Waals surface area contributed by atoms with Crippen LogP contribution in [0.2, 0.25) is 0 Å². The number of rotatable bonds is 5. The van der Waals surface area contributed by atoms with Gasteiger partial charge < -0.3 is 9.47 Å². The maximum Gasteiger partial charge on any atom is 0.242 e. The average molecular weight is 250 g/mol. The van der Waals surface area contributed by atoms with Gasteiger partial charge in [-0.25, -0.2) is 5.43 Å². The Morgan fingerprint density at radius 3 is 2.61 bits per heavy atom. The molecule has 0 atom stereocenters. The third kappa shape index (κ3) is 3.48. The Labute approximate surface area is 107 Å². The molecule has 0 radical (unpaired) electrons. The second-order valence-corrected chi connectivity index (χ2v) is 3.97. The Morgan fingerprint density at radius 1 is 1.33 bits per heavy atom. The minimum atomic E-state index is -0.131. The van der Waals surface area contributed by atoms with Gasteiger partial charge in [-0.05, 0) is 12.1 Å². The summed E-state index contributed by atoms with van der Waals surface area (Å²) in [6.07, 6.45) is 1.53. The van der Waals surface area contributed by atoms with Crippen LogP contribution in [0.15, 0.2) is 23.3 Å². The average Bonchev–Trinajstić information content (AvgIpc) is 2.37. The van der Waals surface area contributed by atoms with Gasteiger partial charge in [-0.1, -0.05) is 19.9 Å². The highest BCUT2D eigenvalue weighted by Crippen LogP contribution is 2.29. The third-order valence-electron chi connectivity index (χ3n) is 2.34. The molecule has 18 heavy (non-hydrogen) atoms. The lowest BCUT2D eigenvalue weighted by Gasteiger charge is -2.09. The van der Waals surface area contributed by atoms with Gasteiger partial charge in [-0.15, -0.1) is 0 Å². The monoisotopic (exact) mass is 250 g/mol. The van der Waals surface area contributed by atoms with Crippen LogP contribution < -0.4 is 14.9 Å². The quantitative estimate of drug-likeness (QED) is 0.640. The largest absolute Gasteiger partial charge is 0.493 e. The van der Waals surface area contributed by atoms with Crippen LogP contribution in [-0.4, -0.2) is 26.3 Å². The van der Waals surface area contributed by atoms with Crippen molar-refractivity contribution in [2.24, 2.45) is 11.0 Å². The fourth-order valence-electron chi connectivity index (χ4n) is 1.31. The zero-order chi connectivity index (χ0) is 13.5. The van der Waals surface area contributed by atoms with Crippen molar-refractivity contribution in [1.82, 2.24) is 5.43 Å². The standard InChI is InChI=1S/C13H18N2O3/c1-9(2)13(16)15-14-8-10-6-5-7-11(17-3)12(10)18-4/h5-9H,1-4H3,(H,15,16)/b14-8+. The van der Waals surface area contributed by atoms with E-state index in [9.17, 15) is 4.79 Å². The number of nitrogens with zero attached hydrogens (tertiary/aromatic N) is 1. The van der Waals surface area contributed by atoms with E-state index in [4.69, 9.17) is 9.47 Å². The van der Waals surface area contributed by atoms with E-state index in [1.54, 1.807) is 34.1 Å². The van der Waals surface area contributed by atoms with Crippen molar-refractivity contribution < 1.29 is 14.3 Å². The number of hydrogen-bond donors (Lipinski definition) is 1. The van der Waals surface area contributed by atoms with Gasteiger partial charge >= 0.3 is 0 Å². The van der Waals surface area contributed by atoms with Crippen molar-refractivity contribution in [1.29, 1.82) is 0 Å². The minimum absolute atomic E-state index is 0.102.